The predicted octanol–water partition coefficient (Wildman–Crippen LogP) is 3.49. The highest BCUT2D eigenvalue weighted by atomic mass is 35.5. The molecule has 17 heavy (non-hydrogen) atoms. The van der Waals surface area contributed by atoms with Crippen molar-refractivity contribution in [3.05, 3.63) is 23.2 Å². The number of aromatic hydroxyl groups is 1. The van der Waals surface area contributed by atoms with Crippen molar-refractivity contribution < 1.29 is 9.84 Å². The van der Waals surface area contributed by atoms with Gasteiger partial charge in [-0.15, -0.1) is 0 Å². The van der Waals surface area contributed by atoms with Crippen molar-refractivity contribution in [2.24, 2.45) is 0 Å². The van der Waals surface area contributed by atoms with Gasteiger partial charge in [-0.3, -0.25) is 0 Å². The summed E-state index contributed by atoms with van der Waals surface area (Å²) < 4.78 is 5.29. The molecule has 0 aliphatic heterocycles. The van der Waals surface area contributed by atoms with Crippen LogP contribution < -0.4 is 10.1 Å². The molecule has 0 fully saturated rings. The summed E-state index contributed by atoms with van der Waals surface area (Å²) in [4.78, 5) is 0. The molecule has 0 bridgehead atoms. The highest BCUT2D eigenvalue weighted by Crippen LogP contribution is 2.28. The summed E-state index contributed by atoms with van der Waals surface area (Å²) in [5, 5.41) is 13.2. The minimum Gasteiger partial charge on any atom is -0.504 e. The normalized spacial score (nSPS) is 10.0. The molecule has 0 radical (unpaired) electrons. The van der Waals surface area contributed by atoms with Crippen molar-refractivity contribution in [1.29, 1.82) is 0 Å². The molecular weight excluding hydrogens is 258 g/mol. The van der Waals surface area contributed by atoms with Gasteiger partial charge in [0.15, 0.2) is 11.5 Å². The number of unbranched alkanes of at least 4 members (excludes halogenated alkanes) is 2. The first-order valence-electron chi connectivity index (χ1n) is 5.57. The highest BCUT2D eigenvalue weighted by Gasteiger charge is 2.06. The van der Waals surface area contributed by atoms with Crippen molar-refractivity contribution in [3.63, 3.8) is 0 Å². The number of hydrogen-bond acceptors (Lipinski definition) is 3. The Morgan fingerprint density at radius 3 is 2.94 bits per heavy atom. The van der Waals surface area contributed by atoms with E-state index >= 15 is 0 Å². The van der Waals surface area contributed by atoms with Crippen LogP contribution in [0.2, 0.25) is 5.02 Å². The molecule has 1 aromatic rings. The Labute approximate surface area is 112 Å². The maximum absolute atomic E-state index is 9.52. The summed E-state index contributed by atoms with van der Waals surface area (Å²) in [6.07, 6.45) is 3.35. The summed E-state index contributed by atoms with van der Waals surface area (Å²) in [5.74, 6) is 0.289. The molecule has 0 spiro atoms. The number of hydrogen-bond donors (Lipinski definition) is 2. The number of ether oxygens (including phenoxy) is 1. The third-order valence-electron chi connectivity index (χ3n) is 2.17. The van der Waals surface area contributed by atoms with Crippen molar-refractivity contribution in [2.75, 3.05) is 6.54 Å². The van der Waals surface area contributed by atoms with Crippen molar-refractivity contribution in [3.8, 4) is 11.5 Å². The summed E-state index contributed by atoms with van der Waals surface area (Å²) in [6, 6.07) is 4.58. The molecule has 0 saturated heterocycles. The van der Waals surface area contributed by atoms with E-state index in [-0.39, 0.29) is 16.7 Å². The van der Waals surface area contributed by atoms with E-state index in [4.69, 9.17) is 28.6 Å². The van der Waals surface area contributed by atoms with E-state index in [2.05, 4.69) is 12.2 Å². The fourth-order valence-corrected chi connectivity index (χ4v) is 1.63. The lowest BCUT2D eigenvalue weighted by Gasteiger charge is -2.10. The Morgan fingerprint density at radius 2 is 2.24 bits per heavy atom. The van der Waals surface area contributed by atoms with Gasteiger partial charge >= 0.3 is 0 Å². The lowest BCUT2D eigenvalue weighted by Crippen LogP contribution is -2.27. The molecule has 0 saturated carbocycles. The van der Waals surface area contributed by atoms with E-state index in [1.165, 1.54) is 12.1 Å². The maximum Gasteiger partial charge on any atom is 0.262 e. The van der Waals surface area contributed by atoms with Gasteiger partial charge in [0.1, 0.15) is 0 Å². The van der Waals surface area contributed by atoms with E-state index < -0.39 is 0 Å². The summed E-state index contributed by atoms with van der Waals surface area (Å²) in [5.41, 5.74) is 0. The first kappa shape index (κ1) is 14.1. The Bertz CT molecular complexity index is 385. The fourth-order valence-electron chi connectivity index (χ4n) is 1.27. The van der Waals surface area contributed by atoms with Crippen molar-refractivity contribution in [2.45, 2.75) is 26.2 Å². The topological polar surface area (TPSA) is 41.5 Å². The average molecular weight is 274 g/mol. The number of halogens is 1. The molecule has 94 valence electrons. The van der Waals surface area contributed by atoms with Crippen LogP contribution in [-0.2, 0) is 0 Å². The van der Waals surface area contributed by atoms with Crippen LogP contribution in [0.4, 0.5) is 0 Å². The molecule has 0 amide bonds. The van der Waals surface area contributed by atoms with Crippen LogP contribution in [0.25, 0.3) is 0 Å². The zero-order valence-electron chi connectivity index (χ0n) is 9.70. The lowest BCUT2D eigenvalue weighted by atomic mass is 10.2. The molecule has 0 atom stereocenters. The third kappa shape index (κ3) is 5.24. The van der Waals surface area contributed by atoms with E-state index in [0.717, 1.165) is 25.8 Å². The monoisotopic (exact) mass is 273 g/mol. The molecule has 2 N–H and O–H groups in total. The molecule has 0 unspecified atom stereocenters. The lowest BCUT2D eigenvalue weighted by molar-refractivity contribution is 0.430. The quantitative estimate of drug-likeness (QED) is 0.637. The zero-order valence-corrected chi connectivity index (χ0v) is 11.3. The first-order valence-corrected chi connectivity index (χ1v) is 6.36. The number of benzene rings is 1. The molecular formula is C12H16ClNO2S. The van der Waals surface area contributed by atoms with Crippen LogP contribution in [0.3, 0.4) is 0 Å². The summed E-state index contributed by atoms with van der Waals surface area (Å²) >= 11 is 10.8. The molecule has 0 aliphatic rings. The summed E-state index contributed by atoms with van der Waals surface area (Å²) in [7, 11) is 0. The smallest absolute Gasteiger partial charge is 0.262 e. The third-order valence-corrected chi connectivity index (χ3v) is 2.64. The van der Waals surface area contributed by atoms with Crippen LogP contribution in [0, 0.1) is 0 Å². The van der Waals surface area contributed by atoms with Gasteiger partial charge in [-0.2, -0.15) is 0 Å². The number of thiocarbonyl (C=S) groups is 1. The van der Waals surface area contributed by atoms with Crippen LogP contribution in [0.15, 0.2) is 18.2 Å². The van der Waals surface area contributed by atoms with Gasteiger partial charge < -0.3 is 15.2 Å². The Hall–Kier alpha value is -1.00. The largest absolute Gasteiger partial charge is 0.504 e. The number of phenols is 1. The fraction of sp³-hybridized carbons (Fsp3) is 0.417. The second-order valence-electron chi connectivity index (χ2n) is 3.64. The Balaban J connectivity index is 2.42. The van der Waals surface area contributed by atoms with Crippen molar-refractivity contribution in [1.82, 2.24) is 5.32 Å². The Morgan fingerprint density at radius 1 is 1.47 bits per heavy atom. The number of phenolic OH excluding ortho intramolecular Hbond substituents is 1. The standard InChI is InChI=1S/C12H16ClNO2S/c1-2-3-4-7-14-12(17)16-11-8-9(13)5-6-10(11)15/h5-6,8,15H,2-4,7H2,1H3,(H,14,17). The van der Waals surface area contributed by atoms with Gasteiger partial charge in [0, 0.05) is 17.6 Å². The molecule has 1 aromatic carbocycles. The van der Waals surface area contributed by atoms with Crippen LogP contribution in [0.1, 0.15) is 26.2 Å². The SMILES string of the molecule is CCCCCNC(=S)Oc1cc(Cl)ccc1O. The van der Waals surface area contributed by atoms with Gasteiger partial charge in [-0.1, -0.05) is 31.4 Å². The van der Waals surface area contributed by atoms with Gasteiger partial charge in [-0.05, 0) is 30.8 Å². The summed E-state index contributed by atoms with van der Waals surface area (Å²) in [6.45, 7) is 2.91. The number of rotatable bonds is 5. The molecule has 0 aromatic heterocycles. The minimum absolute atomic E-state index is 0.0205. The zero-order chi connectivity index (χ0) is 12.7. The predicted molar refractivity (Wildman–Crippen MR) is 73.9 cm³/mol. The molecule has 1 rings (SSSR count). The Kier molecular flexibility index (Phi) is 6.08. The van der Waals surface area contributed by atoms with E-state index in [0.29, 0.717) is 5.02 Å². The van der Waals surface area contributed by atoms with Crippen LogP contribution in [-0.4, -0.2) is 16.8 Å². The minimum atomic E-state index is 0.0205. The van der Waals surface area contributed by atoms with E-state index in [1.54, 1.807) is 6.07 Å². The molecule has 0 heterocycles. The van der Waals surface area contributed by atoms with Crippen LogP contribution >= 0.6 is 23.8 Å². The number of nitrogens with one attached hydrogen (secondary N) is 1. The van der Waals surface area contributed by atoms with E-state index in [9.17, 15) is 5.11 Å². The van der Waals surface area contributed by atoms with Gasteiger partial charge in [0.2, 0.25) is 0 Å². The molecule has 0 aliphatic carbocycles. The van der Waals surface area contributed by atoms with Gasteiger partial charge in [0.25, 0.3) is 5.17 Å². The molecule has 3 nitrogen and oxygen atoms in total. The average Bonchev–Trinajstić information content (AvgIpc) is 2.29. The highest BCUT2D eigenvalue weighted by molar-refractivity contribution is 7.80. The van der Waals surface area contributed by atoms with Crippen molar-refractivity contribution >= 4 is 29.0 Å². The van der Waals surface area contributed by atoms with Crippen LogP contribution in [0.5, 0.6) is 11.5 Å². The second kappa shape index (κ2) is 7.35. The maximum atomic E-state index is 9.52. The van der Waals surface area contributed by atoms with Gasteiger partial charge in [0.05, 0.1) is 0 Å². The van der Waals surface area contributed by atoms with E-state index in [1.807, 2.05) is 0 Å². The van der Waals surface area contributed by atoms with Gasteiger partial charge in [-0.25, -0.2) is 0 Å². The molecule has 5 heteroatoms. The second-order valence-corrected chi connectivity index (χ2v) is 4.44. The first-order chi connectivity index (χ1) is 8.13.